The molecule has 12 nitrogen and oxygen atoms in total. The molecule has 2 N–H and O–H groups in total. The Bertz CT molecular complexity index is 3070. The van der Waals surface area contributed by atoms with E-state index in [1.54, 1.807) is 0 Å². The number of halogens is 10. The number of amides is 1. The maximum Gasteiger partial charge on any atom is 0.435 e. The maximum atomic E-state index is 15.5. The average molecular weight is 976 g/mol. The number of nitrogens with one attached hydrogen (secondary N) is 2. The monoisotopic (exact) mass is 975 g/mol. The Kier molecular flexibility index (Phi) is 11.3. The number of anilines is 1. The first-order valence-corrected chi connectivity index (χ1v) is 23.5. The Balaban J connectivity index is 1.32. The Morgan fingerprint density at radius 2 is 1.65 bits per heavy atom. The molecule has 3 aromatic heterocycles. The molecule has 0 unspecified atom stereocenters. The summed E-state index contributed by atoms with van der Waals surface area (Å²) in [5.41, 5.74) is -4.23. The van der Waals surface area contributed by atoms with Gasteiger partial charge in [-0.2, -0.15) is 32.1 Å². The number of benzene rings is 2. The van der Waals surface area contributed by atoms with Gasteiger partial charge < -0.3 is 5.32 Å². The fourth-order valence-corrected chi connectivity index (χ4v) is 10.8. The number of carbonyl (C=O) groups is 1. The first kappa shape index (κ1) is 46.2. The summed E-state index contributed by atoms with van der Waals surface area (Å²) in [6.45, 7) is 0.431. The summed E-state index contributed by atoms with van der Waals surface area (Å²) < 4.78 is 184. The normalized spacial score (nSPS) is 18.6. The Morgan fingerprint density at radius 3 is 2.26 bits per heavy atom. The van der Waals surface area contributed by atoms with E-state index in [4.69, 9.17) is 11.6 Å². The van der Waals surface area contributed by atoms with E-state index in [-0.39, 0.29) is 55.1 Å². The third kappa shape index (κ3) is 8.88. The molecule has 0 saturated heterocycles. The zero-order chi connectivity index (χ0) is 47.3. The highest BCUT2D eigenvalue weighted by atomic mass is 35.5. The van der Waals surface area contributed by atoms with Crippen LogP contribution in [0.4, 0.5) is 45.3 Å². The van der Waals surface area contributed by atoms with Crippen molar-refractivity contribution in [1.82, 2.24) is 29.9 Å². The molecule has 0 bridgehead atoms. The number of carbonyl (C=O) groups excluding carboxylic acids is 1. The lowest BCUT2D eigenvalue weighted by Gasteiger charge is -2.23. The highest BCUT2D eigenvalue weighted by molar-refractivity contribution is 7.93. The topological polar surface area (TPSA) is 158 Å². The minimum Gasteiger partial charge on any atom is -0.346 e. The van der Waals surface area contributed by atoms with Crippen molar-refractivity contribution >= 4 is 54.1 Å². The number of aromatic nitrogens is 5. The summed E-state index contributed by atoms with van der Waals surface area (Å²) in [7, 11) is -7.88. The molecular weight excluding hydrogens is 941 g/mol. The maximum absolute atomic E-state index is 15.5. The number of nitrogens with zero attached hydrogens (tertiary/aromatic N) is 5. The fourth-order valence-electron chi connectivity index (χ4n) is 8.28. The van der Waals surface area contributed by atoms with Crippen LogP contribution < -0.4 is 10.0 Å². The van der Waals surface area contributed by atoms with Crippen molar-refractivity contribution in [2.75, 3.05) is 11.0 Å². The number of hydrogen-bond donors (Lipinski definition) is 2. The molecule has 3 aliphatic rings. The van der Waals surface area contributed by atoms with Gasteiger partial charge in [-0.3, -0.25) is 18.9 Å². The molecule has 65 heavy (non-hydrogen) atoms. The van der Waals surface area contributed by atoms with Gasteiger partial charge in [0.1, 0.15) is 40.9 Å². The largest absolute Gasteiger partial charge is 0.435 e. The molecule has 8 rings (SSSR count). The number of pyridine rings is 1. The zero-order valence-corrected chi connectivity index (χ0v) is 36.4. The predicted molar refractivity (Wildman–Crippen MR) is 218 cm³/mol. The highest BCUT2D eigenvalue weighted by Gasteiger charge is 2.68. The van der Waals surface area contributed by atoms with Gasteiger partial charge in [0.2, 0.25) is 15.9 Å². The van der Waals surface area contributed by atoms with Crippen LogP contribution in [0.5, 0.6) is 0 Å². The van der Waals surface area contributed by atoms with Crippen LogP contribution >= 0.6 is 11.6 Å². The molecule has 346 valence electrons. The molecule has 3 atom stereocenters. The van der Waals surface area contributed by atoms with Crippen molar-refractivity contribution in [3.63, 3.8) is 0 Å². The van der Waals surface area contributed by atoms with Gasteiger partial charge in [0.05, 0.1) is 39.2 Å². The third-order valence-corrected chi connectivity index (χ3v) is 15.1. The van der Waals surface area contributed by atoms with Crippen LogP contribution in [-0.4, -0.2) is 70.0 Å². The summed E-state index contributed by atoms with van der Waals surface area (Å²) in [4.78, 5) is 18.7. The first-order chi connectivity index (χ1) is 30.2. The van der Waals surface area contributed by atoms with Crippen LogP contribution in [0.3, 0.4) is 0 Å². The van der Waals surface area contributed by atoms with Gasteiger partial charge in [-0.25, -0.2) is 39.4 Å². The molecule has 2 aromatic carbocycles. The average Bonchev–Trinajstić information content (AvgIpc) is 4.10. The number of hydrogen-bond acceptors (Lipinski definition) is 8. The smallest absolute Gasteiger partial charge is 0.346 e. The number of sulfone groups is 1. The second kappa shape index (κ2) is 15.9. The van der Waals surface area contributed by atoms with Gasteiger partial charge in [-0.15, -0.1) is 0 Å². The van der Waals surface area contributed by atoms with Crippen molar-refractivity contribution in [1.29, 1.82) is 0 Å². The molecule has 24 heteroatoms. The molecule has 5 aromatic rings. The van der Waals surface area contributed by atoms with E-state index in [1.807, 2.05) is 0 Å². The van der Waals surface area contributed by atoms with Crippen molar-refractivity contribution in [2.45, 2.75) is 93.1 Å². The second-order valence-electron chi connectivity index (χ2n) is 16.7. The van der Waals surface area contributed by atoms with E-state index < -0.39 is 126 Å². The quantitative estimate of drug-likeness (QED) is 0.0891. The van der Waals surface area contributed by atoms with Crippen molar-refractivity contribution in [3.05, 3.63) is 93.0 Å². The van der Waals surface area contributed by atoms with E-state index in [0.29, 0.717) is 18.9 Å². The van der Waals surface area contributed by atoms with Gasteiger partial charge in [-0.1, -0.05) is 23.6 Å². The van der Waals surface area contributed by atoms with Crippen molar-refractivity contribution in [2.24, 2.45) is 5.92 Å². The molecule has 3 aliphatic carbocycles. The summed E-state index contributed by atoms with van der Waals surface area (Å²) in [6, 6.07) is 5.92. The second-order valence-corrected chi connectivity index (χ2v) is 21.6. The molecule has 0 spiro atoms. The highest BCUT2D eigenvalue weighted by Crippen LogP contribution is 2.68. The van der Waals surface area contributed by atoms with E-state index in [2.05, 4.69) is 37.1 Å². The summed E-state index contributed by atoms with van der Waals surface area (Å²) >= 11 is 6.54. The minimum absolute atomic E-state index is 0.0407. The summed E-state index contributed by atoms with van der Waals surface area (Å²) in [6.07, 6.45) is -7.38. The van der Waals surface area contributed by atoms with Crippen molar-refractivity contribution < 1.29 is 61.1 Å². The first-order valence-electron chi connectivity index (χ1n) is 19.7. The lowest BCUT2D eigenvalue weighted by Crippen LogP contribution is -2.35. The van der Waals surface area contributed by atoms with E-state index in [9.17, 15) is 52.4 Å². The fraction of sp³-hybridized carbons (Fsp3) is 0.415. The molecule has 2 fully saturated rings. The number of sulfonamides is 1. The van der Waals surface area contributed by atoms with Gasteiger partial charge in [0.25, 0.3) is 12.3 Å². The van der Waals surface area contributed by atoms with E-state index in [0.717, 1.165) is 23.1 Å². The lowest BCUT2D eigenvalue weighted by atomic mass is 9.93. The molecule has 2 saturated carbocycles. The summed E-state index contributed by atoms with van der Waals surface area (Å²) in [5.74, 6) is -4.73. The van der Waals surface area contributed by atoms with Gasteiger partial charge in [-0.05, 0) is 87.3 Å². The third-order valence-electron chi connectivity index (χ3n) is 11.3. The molecule has 1 amide bonds. The Morgan fingerprint density at radius 1 is 0.985 bits per heavy atom. The molecule has 0 radical (unpaired) electrons. The van der Waals surface area contributed by atoms with Crippen LogP contribution in [-0.2, 0) is 56.3 Å². The minimum atomic E-state index is -5.16. The number of fused-ring (bicyclic) bond motifs is 4. The van der Waals surface area contributed by atoms with Crippen LogP contribution in [0.1, 0.15) is 79.0 Å². The van der Waals surface area contributed by atoms with E-state index in [1.165, 1.54) is 38.1 Å². The van der Waals surface area contributed by atoms with E-state index >= 15 is 8.78 Å². The lowest BCUT2D eigenvalue weighted by molar-refractivity contribution is -0.142. The standard InChI is InChI=1S/C41H35ClF9N7O5S2/c1-39(2,65(62,63)23-5-6-23)11-10-22-4-7-24(25-8-9-28(42)33-35(25)57(17-30(45)46)55-38(33)56-64(3,60)61)34(52-22)29(14-19-12-20(43)15-21(44)13-19)53-31(59)18-58-37-32(36(54-58)41(49,50)51)26-16-27(26)40(37,47)48/h4,7-9,12-13,15,23,26-27,29-30H,5-6,14,16-18H2,1-3H3,(H,53,59)(H,55,56)/t26-,27+,29-/m0/s1. The van der Waals surface area contributed by atoms with Gasteiger partial charge >= 0.3 is 6.18 Å². The Labute approximate surface area is 369 Å². The molecule has 0 aliphatic heterocycles. The van der Waals surface area contributed by atoms with Crippen LogP contribution in [0.15, 0.2) is 42.5 Å². The van der Waals surface area contributed by atoms with Crippen molar-refractivity contribution in [3.8, 4) is 23.0 Å². The van der Waals surface area contributed by atoms with Crippen LogP contribution in [0.25, 0.3) is 22.0 Å². The molecule has 3 heterocycles. The Hall–Kier alpha value is -5.34. The van der Waals surface area contributed by atoms with Gasteiger partial charge in [0.15, 0.2) is 21.3 Å². The molecular formula is C41H35ClF9N7O5S2. The summed E-state index contributed by atoms with van der Waals surface area (Å²) in [5, 5.41) is 9.04. The predicted octanol–water partition coefficient (Wildman–Crippen LogP) is 7.90. The van der Waals surface area contributed by atoms with Crippen LogP contribution in [0.2, 0.25) is 5.02 Å². The SMILES string of the molecule is CC(C)(C#Cc1ccc(-c2ccc(Cl)c3c(NS(C)(=O)=O)nn(CC(F)F)c23)c([C@H](Cc2cc(F)cc(F)c2)NC(=O)Cn2nc(C(F)(F)F)c3c2C(F)(F)[C@@H]2C[C@H]32)n1)S(=O)(=O)C1CC1. The van der Waals surface area contributed by atoms with Gasteiger partial charge in [0, 0.05) is 28.7 Å². The zero-order valence-electron chi connectivity index (χ0n) is 34.0. The van der Waals surface area contributed by atoms with Crippen LogP contribution in [0, 0.1) is 29.4 Å². The number of alkyl halides is 7. The number of rotatable bonds is 13.